The molecule has 0 aliphatic rings. The third-order valence-corrected chi connectivity index (χ3v) is 0.542. The highest BCUT2D eigenvalue weighted by Crippen LogP contribution is 1.74. The first-order valence-electron chi connectivity index (χ1n) is 2.29. The number of carboxylic acid groups (broad SMARTS) is 1. The minimum atomic E-state index is -0.914. The van der Waals surface area contributed by atoms with Gasteiger partial charge in [-0.3, -0.25) is 0 Å². The van der Waals surface area contributed by atoms with Crippen molar-refractivity contribution in [3.05, 3.63) is 24.3 Å². The molecule has 0 spiro atoms. The van der Waals surface area contributed by atoms with Crippen molar-refractivity contribution in [2.24, 2.45) is 0 Å². The molecule has 2 nitrogen and oxygen atoms in total. The molecule has 0 saturated carbocycles. The Labute approximate surface area is 60.3 Å². The molecule has 0 saturated heterocycles. The van der Waals surface area contributed by atoms with E-state index >= 15 is 0 Å². The third-order valence-electron chi connectivity index (χ3n) is 0.542. The first-order valence-corrected chi connectivity index (χ1v) is 2.29. The molecule has 0 unspecified atom stereocenters. The number of allylic oxidation sites excluding steroid dienone is 3. The minimum Gasteiger partial charge on any atom is -0.478 e. The quantitative estimate of drug-likeness (QED) is 0.477. The van der Waals surface area contributed by atoms with Crippen LogP contribution in [0.2, 0.25) is 0 Å². The number of hydrogen-bond acceptors (Lipinski definition) is 1. The van der Waals surface area contributed by atoms with Crippen LogP contribution in [0.4, 0.5) is 0 Å². The molecule has 3 heteroatoms. The van der Waals surface area contributed by atoms with Gasteiger partial charge < -0.3 is 5.11 Å². The van der Waals surface area contributed by atoms with Gasteiger partial charge in [0.15, 0.2) is 0 Å². The van der Waals surface area contributed by atoms with E-state index in [0.717, 1.165) is 6.08 Å². The summed E-state index contributed by atoms with van der Waals surface area (Å²) in [4.78, 5) is 9.75. The van der Waals surface area contributed by atoms with Crippen molar-refractivity contribution in [1.82, 2.24) is 0 Å². The zero-order valence-corrected chi connectivity index (χ0v) is 5.89. The van der Waals surface area contributed by atoms with Crippen LogP contribution in [0.1, 0.15) is 6.92 Å². The molecule has 0 aromatic rings. The van der Waals surface area contributed by atoms with Crippen molar-refractivity contribution >= 4 is 18.4 Å². The standard InChI is InChI=1S/C6H8O2.ClH/c1-2-3-4-5-6(7)8;/h2-5H,1H3,(H,7,8);1H/b3-2+,5-4+;. The molecular weight excluding hydrogens is 140 g/mol. The molecule has 0 amide bonds. The molecule has 0 rings (SSSR count). The molecule has 0 bridgehead atoms. The Morgan fingerprint density at radius 2 is 2.00 bits per heavy atom. The van der Waals surface area contributed by atoms with Crippen LogP contribution in [-0.2, 0) is 4.79 Å². The summed E-state index contributed by atoms with van der Waals surface area (Å²) >= 11 is 0. The van der Waals surface area contributed by atoms with Gasteiger partial charge in [0, 0.05) is 6.08 Å². The Hall–Kier alpha value is -0.760. The largest absolute Gasteiger partial charge is 0.478 e. The summed E-state index contributed by atoms with van der Waals surface area (Å²) in [6, 6.07) is 0. The highest BCUT2D eigenvalue weighted by Gasteiger charge is 1.78. The van der Waals surface area contributed by atoms with E-state index in [2.05, 4.69) is 0 Å². The number of aliphatic carboxylic acids is 1. The molecule has 0 aliphatic heterocycles. The molecular formula is C6H9ClO2. The van der Waals surface area contributed by atoms with E-state index < -0.39 is 5.97 Å². The summed E-state index contributed by atoms with van der Waals surface area (Å²) in [7, 11) is 0. The minimum absolute atomic E-state index is 0. The van der Waals surface area contributed by atoms with Crippen LogP contribution >= 0.6 is 12.4 Å². The number of hydrogen-bond donors (Lipinski definition) is 1. The van der Waals surface area contributed by atoms with Crippen molar-refractivity contribution < 1.29 is 9.90 Å². The Balaban J connectivity index is 0. The average Bonchev–Trinajstić information content (AvgIpc) is 1.66. The van der Waals surface area contributed by atoms with E-state index in [1.54, 1.807) is 12.2 Å². The lowest BCUT2D eigenvalue weighted by atomic mass is 10.4. The third kappa shape index (κ3) is 11.1. The molecule has 0 radical (unpaired) electrons. The van der Waals surface area contributed by atoms with E-state index in [1.807, 2.05) is 6.92 Å². The second-order valence-electron chi connectivity index (χ2n) is 1.22. The Bertz CT molecular complexity index is 127. The summed E-state index contributed by atoms with van der Waals surface area (Å²) in [6.07, 6.45) is 5.98. The predicted octanol–water partition coefficient (Wildman–Crippen LogP) is 1.63. The van der Waals surface area contributed by atoms with Crippen molar-refractivity contribution in [3.63, 3.8) is 0 Å². The van der Waals surface area contributed by atoms with E-state index in [1.165, 1.54) is 6.08 Å². The predicted molar refractivity (Wildman–Crippen MR) is 38.8 cm³/mol. The van der Waals surface area contributed by atoms with Crippen LogP contribution in [0.15, 0.2) is 24.3 Å². The smallest absolute Gasteiger partial charge is 0.328 e. The molecule has 1 N–H and O–H groups in total. The van der Waals surface area contributed by atoms with Gasteiger partial charge in [0.05, 0.1) is 0 Å². The lowest BCUT2D eigenvalue weighted by molar-refractivity contribution is -0.131. The molecule has 0 atom stereocenters. The lowest BCUT2D eigenvalue weighted by Gasteiger charge is -1.72. The fourth-order valence-corrected chi connectivity index (χ4v) is 0.249. The van der Waals surface area contributed by atoms with Gasteiger partial charge in [-0.1, -0.05) is 18.2 Å². The molecule has 0 heterocycles. The maximum Gasteiger partial charge on any atom is 0.328 e. The van der Waals surface area contributed by atoms with Crippen molar-refractivity contribution in [3.8, 4) is 0 Å². The van der Waals surface area contributed by atoms with E-state index in [4.69, 9.17) is 5.11 Å². The number of rotatable bonds is 2. The first-order chi connectivity index (χ1) is 3.77. The highest BCUT2D eigenvalue weighted by molar-refractivity contribution is 5.85. The summed E-state index contributed by atoms with van der Waals surface area (Å²) in [5, 5.41) is 8.02. The monoisotopic (exact) mass is 148 g/mol. The van der Waals surface area contributed by atoms with Crippen LogP contribution in [0, 0.1) is 0 Å². The maximum absolute atomic E-state index is 9.75. The fraction of sp³-hybridized carbons (Fsp3) is 0.167. The second-order valence-corrected chi connectivity index (χ2v) is 1.22. The Morgan fingerprint density at radius 1 is 1.44 bits per heavy atom. The van der Waals surface area contributed by atoms with Gasteiger partial charge in [0.2, 0.25) is 0 Å². The Morgan fingerprint density at radius 3 is 2.33 bits per heavy atom. The topological polar surface area (TPSA) is 37.3 Å². The molecule has 0 aromatic carbocycles. The van der Waals surface area contributed by atoms with Gasteiger partial charge in [-0.05, 0) is 6.92 Å². The lowest BCUT2D eigenvalue weighted by Crippen LogP contribution is -1.83. The summed E-state index contributed by atoms with van der Waals surface area (Å²) in [6.45, 7) is 1.83. The van der Waals surface area contributed by atoms with Crippen molar-refractivity contribution in [2.45, 2.75) is 6.92 Å². The number of halogens is 1. The number of carboxylic acids is 1. The van der Waals surface area contributed by atoms with Crippen LogP contribution in [0.25, 0.3) is 0 Å². The van der Waals surface area contributed by atoms with Crippen LogP contribution < -0.4 is 0 Å². The molecule has 52 valence electrons. The van der Waals surface area contributed by atoms with E-state index in [-0.39, 0.29) is 12.4 Å². The molecule has 0 aromatic heterocycles. The van der Waals surface area contributed by atoms with Crippen molar-refractivity contribution in [2.75, 3.05) is 0 Å². The van der Waals surface area contributed by atoms with Crippen LogP contribution in [0.5, 0.6) is 0 Å². The zero-order chi connectivity index (χ0) is 6.41. The van der Waals surface area contributed by atoms with Gasteiger partial charge >= 0.3 is 5.97 Å². The van der Waals surface area contributed by atoms with Gasteiger partial charge in [0.1, 0.15) is 0 Å². The number of carbonyl (C=O) groups is 1. The van der Waals surface area contributed by atoms with E-state index in [9.17, 15) is 4.79 Å². The summed E-state index contributed by atoms with van der Waals surface area (Å²) in [5.41, 5.74) is 0. The Kier molecular flexibility index (Phi) is 8.92. The molecule has 0 fully saturated rings. The summed E-state index contributed by atoms with van der Waals surface area (Å²) in [5.74, 6) is -0.914. The van der Waals surface area contributed by atoms with Crippen LogP contribution in [-0.4, -0.2) is 11.1 Å². The highest BCUT2D eigenvalue weighted by atomic mass is 35.5. The van der Waals surface area contributed by atoms with Crippen LogP contribution in [0.3, 0.4) is 0 Å². The molecule has 9 heavy (non-hydrogen) atoms. The van der Waals surface area contributed by atoms with E-state index in [0.29, 0.717) is 0 Å². The molecule has 0 aliphatic carbocycles. The van der Waals surface area contributed by atoms with Gasteiger partial charge in [-0.2, -0.15) is 0 Å². The SMILES string of the molecule is C/C=C/C=C/C(=O)O.Cl. The van der Waals surface area contributed by atoms with Gasteiger partial charge in [0.25, 0.3) is 0 Å². The van der Waals surface area contributed by atoms with Crippen molar-refractivity contribution in [1.29, 1.82) is 0 Å². The maximum atomic E-state index is 9.75. The summed E-state index contributed by atoms with van der Waals surface area (Å²) < 4.78 is 0. The average molecular weight is 149 g/mol. The zero-order valence-electron chi connectivity index (χ0n) is 5.07. The second kappa shape index (κ2) is 7.24. The first kappa shape index (κ1) is 11.1. The normalized spacial score (nSPS) is 9.89. The van der Waals surface area contributed by atoms with Gasteiger partial charge in [-0.15, -0.1) is 12.4 Å². The van der Waals surface area contributed by atoms with Gasteiger partial charge in [-0.25, -0.2) is 4.79 Å². The fourth-order valence-electron chi connectivity index (χ4n) is 0.249.